The van der Waals surface area contributed by atoms with E-state index in [-0.39, 0.29) is 6.03 Å². The minimum absolute atomic E-state index is 0.228. The van der Waals surface area contributed by atoms with Crippen molar-refractivity contribution < 1.29 is 9.21 Å². The van der Waals surface area contributed by atoms with Gasteiger partial charge in [-0.3, -0.25) is 5.10 Å². The molecule has 0 aliphatic carbocycles. The number of para-hydroxylation sites is 2. The van der Waals surface area contributed by atoms with E-state index in [2.05, 4.69) is 25.8 Å². The third-order valence-corrected chi connectivity index (χ3v) is 3.93. The van der Waals surface area contributed by atoms with E-state index >= 15 is 0 Å². The maximum atomic E-state index is 11.6. The Labute approximate surface area is 149 Å². The van der Waals surface area contributed by atoms with Crippen molar-refractivity contribution in [2.45, 2.75) is 6.92 Å². The number of hydrogen-bond donors (Lipinski definition) is 3. The van der Waals surface area contributed by atoms with Crippen LogP contribution in [-0.4, -0.2) is 27.8 Å². The average molecular weight is 347 g/mol. The molecule has 0 saturated heterocycles. The fourth-order valence-corrected chi connectivity index (χ4v) is 2.71. The molecule has 26 heavy (non-hydrogen) atoms. The van der Waals surface area contributed by atoms with Crippen LogP contribution in [0.15, 0.2) is 59.1 Å². The second-order valence-corrected chi connectivity index (χ2v) is 5.71. The van der Waals surface area contributed by atoms with Crippen LogP contribution in [-0.2, 0) is 0 Å². The zero-order valence-electron chi connectivity index (χ0n) is 14.1. The van der Waals surface area contributed by atoms with Crippen LogP contribution in [0.4, 0.5) is 10.5 Å². The minimum Gasteiger partial charge on any atom is -0.436 e. The van der Waals surface area contributed by atoms with E-state index in [0.29, 0.717) is 18.1 Å². The number of aromatic amines is 1. The Morgan fingerprint density at radius 2 is 1.96 bits per heavy atom. The molecule has 2 aromatic carbocycles. The largest absolute Gasteiger partial charge is 0.436 e. The van der Waals surface area contributed by atoms with Gasteiger partial charge in [-0.25, -0.2) is 9.78 Å². The third kappa shape index (κ3) is 3.02. The van der Waals surface area contributed by atoms with Gasteiger partial charge in [0.2, 0.25) is 5.89 Å². The number of aromatic nitrogens is 3. The highest BCUT2D eigenvalue weighted by atomic mass is 16.3. The smallest absolute Gasteiger partial charge is 0.319 e. The van der Waals surface area contributed by atoms with Gasteiger partial charge < -0.3 is 15.1 Å². The second kappa shape index (κ2) is 6.72. The van der Waals surface area contributed by atoms with Crippen molar-refractivity contribution in [2.24, 2.45) is 0 Å². The van der Waals surface area contributed by atoms with E-state index in [1.807, 2.05) is 55.5 Å². The molecule has 0 aliphatic rings. The van der Waals surface area contributed by atoms with Gasteiger partial charge in [-0.1, -0.05) is 24.3 Å². The summed E-state index contributed by atoms with van der Waals surface area (Å²) < 4.78 is 5.84. The maximum Gasteiger partial charge on any atom is 0.319 e. The predicted octanol–water partition coefficient (Wildman–Crippen LogP) is 4.03. The van der Waals surface area contributed by atoms with Gasteiger partial charge in [-0.05, 0) is 31.2 Å². The number of urea groups is 1. The Kier molecular flexibility index (Phi) is 4.10. The van der Waals surface area contributed by atoms with E-state index in [1.165, 1.54) is 0 Å². The van der Waals surface area contributed by atoms with Gasteiger partial charge in [-0.15, -0.1) is 0 Å². The lowest BCUT2D eigenvalue weighted by Crippen LogP contribution is -2.28. The molecular weight excluding hydrogens is 330 g/mol. The first-order valence-corrected chi connectivity index (χ1v) is 8.29. The number of hydrogen-bond acceptors (Lipinski definition) is 4. The number of rotatable bonds is 4. The van der Waals surface area contributed by atoms with Crippen molar-refractivity contribution in [2.75, 3.05) is 11.9 Å². The van der Waals surface area contributed by atoms with Gasteiger partial charge in [0, 0.05) is 17.8 Å². The summed E-state index contributed by atoms with van der Waals surface area (Å²) in [5, 5.41) is 12.6. The van der Waals surface area contributed by atoms with E-state index in [1.54, 1.807) is 6.20 Å². The fourth-order valence-electron chi connectivity index (χ4n) is 2.71. The molecule has 0 bridgehead atoms. The Hall–Kier alpha value is -3.61. The van der Waals surface area contributed by atoms with Gasteiger partial charge in [0.05, 0.1) is 17.5 Å². The molecule has 0 unspecified atom stereocenters. The third-order valence-electron chi connectivity index (χ3n) is 3.93. The molecule has 0 aliphatic heterocycles. The summed E-state index contributed by atoms with van der Waals surface area (Å²) in [5.41, 5.74) is 4.75. The standard InChI is InChI=1S/C19H17N5O2/c1-2-20-19(25)22-13-9-7-12(8-10-13)17-14(11-21-24-17)18-23-15-5-3-4-6-16(15)26-18/h3-11H,2H2,1H3,(H,21,24)(H2,20,22,25). The van der Waals surface area contributed by atoms with Gasteiger partial charge in [0.25, 0.3) is 0 Å². The molecule has 3 N–H and O–H groups in total. The summed E-state index contributed by atoms with van der Waals surface area (Å²) in [5.74, 6) is 0.513. The zero-order chi connectivity index (χ0) is 17.9. The molecule has 0 spiro atoms. The average Bonchev–Trinajstić information content (AvgIpc) is 3.29. The first-order valence-electron chi connectivity index (χ1n) is 8.29. The van der Waals surface area contributed by atoms with Crippen LogP contribution < -0.4 is 10.6 Å². The summed E-state index contributed by atoms with van der Waals surface area (Å²) >= 11 is 0. The highest BCUT2D eigenvalue weighted by Gasteiger charge is 2.15. The van der Waals surface area contributed by atoms with Crippen LogP contribution in [0.3, 0.4) is 0 Å². The molecule has 4 aromatic rings. The van der Waals surface area contributed by atoms with Crippen molar-refractivity contribution in [3.63, 3.8) is 0 Å². The predicted molar refractivity (Wildman–Crippen MR) is 99.7 cm³/mol. The van der Waals surface area contributed by atoms with E-state index < -0.39 is 0 Å². The Bertz CT molecular complexity index is 1020. The zero-order valence-corrected chi connectivity index (χ0v) is 14.1. The number of nitrogens with zero attached hydrogens (tertiary/aromatic N) is 2. The number of carbonyl (C=O) groups excluding carboxylic acids is 1. The number of amides is 2. The molecule has 2 heterocycles. The van der Waals surface area contributed by atoms with Crippen LogP contribution in [0.5, 0.6) is 0 Å². The molecule has 2 amide bonds. The molecule has 0 fully saturated rings. The molecule has 0 atom stereocenters. The van der Waals surface area contributed by atoms with Crippen LogP contribution in [0, 0.1) is 0 Å². The number of H-pyrrole nitrogens is 1. The summed E-state index contributed by atoms with van der Waals surface area (Å²) in [4.78, 5) is 16.1. The monoisotopic (exact) mass is 347 g/mol. The maximum absolute atomic E-state index is 11.6. The van der Waals surface area contributed by atoms with E-state index in [0.717, 1.165) is 27.9 Å². The number of fused-ring (bicyclic) bond motifs is 1. The van der Waals surface area contributed by atoms with E-state index in [4.69, 9.17) is 4.42 Å². The molecule has 2 aromatic heterocycles. The SMILES string of the molecule is CCNC(=O)Nc1ccc(-c2[nH]ncc2-c2nc3ccccc3o2)cc1. The lowest BCUT2D eigenvalue weighted by molar-refractivity contribution is 0.252. The van der Waals surface area contributed by atoms with Crippen LogP contribution in [0.1, 0.15) is 6.92 Å². The summed E-state index contributed by atoms with van der Waals surface area (Å²) in [6.07, 6.45) is 1.70. The van der Waals surface area contributed by atoms with Crippen molar-refractivity contribution in [1.29, 1.82) is 0 Å². The number of anilines is 1. The number of oxazole rings is 1. The van der Waals surface area contributed by atoms with Crippen LogP contribution in [0.2, 0.25) is 0 Å². The highest BCUT2D eigenvalue weighted by molar-refractivity contribution is 5.89. The Balaban J connectivity index is 1.63. The van der Waals surface area contributed by atoms with Crippen molar-refractivity contribution in [3.8, 4) is 22.7 Å². The Morgan fingerprint density at radius 3 is 2.73 bits per heavy atom. The topological polar surface area (TPSA) is 95.8 Å². The Morgan fingerprint density at radius 1 is 1.15 bits per heavy atom. The summed E-state index contributed by atoms with van der Waals surface area (Å²) in [6.45, 7) is 2.44. The number of nitrogens with one attached hydrogen (secondary N) is 3. The normalized spacial score (nSPS) is 10.8. The lowest BCUT2D eigenvalue weighted by atomic mass is 10.1. The van der Waals surface area contributed by atoms with Crippen LogP contribution >= 0.6 is 0 Å². The molecule has 7 nitrogen and oxygen atoms in total. The number of benzene rings is 2. The summed E-state index contributed by atoms with van der Waals surface area (Å²) in [7, 11) is 0. The van der Waals surface area contributed by atoms with Gasteiger partial charge in [-0.2, -0.15) is 5.10 Å². The minimum atomic E-state index is -0.228. The van der Waals surface area contributed by atoms with Gasteiger partial charge in [0.15, 0.2) is 5.58 Å². The van der Waals surface area contributed by atoms with E-state index in [9.17, 15) is 4.79 Å². The quantitative estimate of drug-likeness (QED) is 0.519. The second-order valence-electron chi connectivity index (χ2n) is 5.71. The molecule has 0 radical (unpaired) electrons. The van der Waals surface area contributed by atoms with Crippen LogP contribution in [0.25, 0.3) is 33.8 Å². The molecular formula is C19H17N5O2. The van der Waals surface area contributed by atoms with Crippen molar-refractivity contribution >= 4 is 22.8 Å². The van der Waals surface area contributed by atoms with Crippen molar-refractivity contribution in [1.82, 2.24) is 20.5 Å². The first kappa shape index (κ1) is 15.9. The fraction of sp³-hybridized carbons (Fsp3) is 0.105. The van der Waals surface area contributed by atoms with Gasteiger partial charge in [0.1, 0.15) is 5.52 Å². The molecule has 4 rings (SSSR count). The highest BCUT2D eigenvalue weighted by Crippen LogP contribution is 2.32. The van der Waals surface area contributed by atoms with Crippen molar-refractivity contribution in [3.05, 3.63) is 54.7 Å². The summed E-state index contributed by atoms with van der Waals surface area (Å²) in [6, 6.07) is 14.9. The molecule has 0 saturated carbocycles. The molecule has 130 valence electrons. The first-order chi connectivity index (χ1) is 12.7. The molecule has 7 heteroatoms. The van der Waals surface area contributed by atoms with Gasteiger partial charge >= 0.3 is 6.03 Å². The number of carbonyl (C=O) groups is 1. The lowest BCUT2D eigenvalue weighted by Gasteiger charge is -2.07.